The molecule has 2 rings (SSSR count). The van der Waals surface area contributed by atoms with Crippen LogP contribution in [0.2, 0.25) is 0 Å². The van der Waals surface area contributed by atoms with Crippen LogP contribution in [0.3, 0.4) is 0 Å². The molecule has 1 unspecified atom stereocenters. The average molecular weight is 337 g/mol. The van der Waals surface area contributed by atoms with Gasteiger partial charge in [0, 0.05) is 36.8 Å². The molecule has 106 valence electrons. The zero-order valence-electron chi connectivity index (χ0n) is 11.4. The highest BCUT2D eigenvalue weighted by Crippen LogP contribution is 2.17. The predicted molar refractivity (Wildman–Crippen MR) is 79.1 cm³/mol. The van der Waals surface area contributed by atoms with Crippen molar-refractivity contribution in [1.82, 2.24) is 14.8 Å². The third kappa shape index (κ3) is 3.17. The lowest BCUT2D eigenvalue weighted by Gasteiger charge is -2.36. The van der Waals surface area contributed by atoms with Crippen LogP contribution in [0.4, 0.5) is 0 Å². The van der Waals surface area contributed by atoms with Gasteiger partial charge in [-0.3, -0.25) is 9.69 Å². The van der Waals surface area contributed by atoms with Crippen molar-refractivity contribution in [3.63, 3.8) is 0 Å². The standard InChI is InChI=1S/C14H17BrN4O/c1-2-11(10-16)18-6-8-19(9-7-18)14(20)13-12(15)4-3-5-17-13/h3-5,11H,2,6-9H2,1H3. The first-order valence-electron chi connectivity index (χ1n) is 6.70. The summed E-state index contributed by atoms with van der Waals surface area (Å²) in [5.74, 6) is -0.0536. The summed E-state index contributed by atoms with van der Waals surface area (Å²) in [6.45, 7) is 4.76. The molecule has 1 fully saturated rings. The van der Waals surface area contributed by atoms with Gasteiger partial charge in [-0.25, -0.2) is 4.98 Å². The molecule has 5 nitrogen and oxygen atoms in total. The van der Waals surface area contributed by atoms with Crippen molar-refractivity contribution in [1.29, 1.82) is 5.26 Å². The molecular formula is C14H17BrN4O. The highest BCUT2D eigenvalue weighted by atomic mass is 79.9. The van der Waals surface area contributed by atoms with Crippen LogP contribution in [0.15, 0.2) is 22.8 Å². The van der Waals surface area contributed by atoms with E-state index in [0.717, 1.165) is 24.0 Å². The topological polar surface area (TPSA) is 60.2 Å². The first kappa shape index (κ1) is 14.9. The van der Waals surface area contributed by atoms with E-state index in [9.17, 15) is 4.79 Å². The first-order valence-corrected chi connectivity index (χ1v) is 7.50. The molecule has 0 aliphatic carbocycles. The largest absolute Gasteiger partial charge is 0.335 e. The lowest BCUT2D eigenvalue weighted by atomic mass is 10.1. The van der Waals surface area contributed by atoms with Gasteiger partial charge < -0.3 is 4.90 Å². The third-order valence-corrected chi connectivity index (χ3v) is 4.18. The number of nitriles is 1. The van der Waals surface area contributed by atoms with Gasteiger partial charge in [0.2, 0.25) is 0 Å². The summed E-state index contributed by atoms with van der Waals surface area (Å²) in [6.07, 6.45) is 2.44. The van der Waals surface area contributed by atoms with Gasteiger partial charge >= 0.3 is 0 Å². The molecule has 1 atom stereocenters. The van der Waals surface area contributed by atoms with Gasteiger partial charge in [0.05, 0.1) is 12.1 Å². The number of carbonyl (C=O) groups is 1. The minimum atomic E-state index is -0.0536. The van der Waals surface area contributed by atoms with Crippen LogP contribution >= 0.6 is 15.9 Å². The monoisotopic (exact) mass is 336 g/mol. The van der Waals surface area contributed by atoms with Crippen LogP contribution in [-0.4, -0.2) is 52.9 Å². The quantitative estimate of drug-likeness (QED) is 0.845. The van der Waals surface area contributed by atoms with Crippen LogP contribution in [0, 0.1) is 11.3 Å². The highest BCUT2D eigenvalue weighted by Gasteiger charge is 2.27. The molecule has 1 aromatic rings. The maximum Gasteiger partial charge on any atom is 0.273 e. The SMILES string of the molecule is CCC(C#N)N1CCN(C(=O)c2ncccc2Br)CC1. The normalized spacial score (nSPS) is 17.6. The zero-order chi connectivity index (χ0) is 14.5. The minimum absolute atomic E-state index is 0.0474. The summed E-state index contributed by atoms with van der Waals surface area (Å²) in [5, 5.41) is 9.08. The van der Waals surface area contributed by atoms with Crippen molar-refractivity contribution < 1.29 is 4.79 Å². The fraction of sp³-hybridized carbons (Fsp3) is 0.500. The molecule has 0 radical (unpaired) electrons. The molecule has 0 N–H and O–H groups in total. The van der Waals surface area contributed by atoms with Crippen molar-refractivity contribution >= 4 is 21.8 Å². The van der Waals surface area contributed by atoms with Crippen LogP contribution in [-0.2, 0) is 0 Å². The van der Waals surface area contributed by atoms with Crippen molar-refractivity contribution in [2.75, 3.05) is 26.2 Å². The molecule has 1 saturated heterocycles. The van der Waals surface area contributed by atoms with Gasteiger partial charge in [-0.15, -0.1) is 0 Å². The summed E-state index contributed by atoms with van der Waals surface area (Å²) >= 11 is 3.36. The van der Waals surface area contributed by atoms with E-state index in [4.69, 9.17) is 5.26 Å². The van der Waals surface area contributed by atoms with Gasteiger partial charge in [0.15, 0.2) is 0 Å². The second-order valence-corrected chi connectivity index (χ2v) is 5.57. The molecule has 1 aliphatic rings. The second kappa shape index (κ2) is 6.82. The van der Waals surface area contributed by atoms with E-state index in [-0.39, 0.29) is 11.9 Å². The van der Waals surface area contributed by atoms with Crippen molar-refractivity contribution in [2.45, 2.75) is 19.4 Å². The molecule has 20 heavy (non-hydrogen) atoms. The Hall–Kier alpha value is -1.45. The first-order chi connectivity index (χ1) is 9.67. The number of amides is 1. The number of nitrogens with zero attached hydrogens (tertiary/aromatic N) is 4. The minimum Gasteiger partial charge on any atom is -0.335 e. The zero-order valence-corrected chi connectivity index (χ0v) is 13.0. The molecular weight excluding hydrogens is 320 g/mol. The van der Waals surface area contributed by atoms with Gasteiger partial charge in [0.1, 0.15) is 5.69 Å². The fourth-order valence-electron chi connectivity index (χ4n) is 2.36. The average Bonchev–Trinajstić information content (AvgIpc) is 2.49. The van der Waals surface area contributed by atoms with Crippen molar-refractivity contribution in [2.24, 2.45) is 0 Å². The number of hydrogen-bond donors (Lipinski definition) is 0. The summed E-state index contributed by atoms with van der Waals surface area (Å²) in [6, 6.07) is 5.87. The molecule has 1 amide bonds. The van der Waals surface area contributed by atoms with Crippen LogP contribution in [0.5, 0.6) is 0 Å². The molecule has 0 bridgehead atoms. The van der Waals surface area contributed by atoms with E-state index < -0.39 is 0 Å². The number of aromatic nitrogens is 1. The number of rotatable bonds is 3. The lowest BCUT2D eigenvalue weighted by molar-refractivity contribution is 0.0598. The Morgan fingerprint density at radius 3 is 2.75 bits per heavy atom. The Morgan fingerprint density at radius 1 is 1.50 bits per heavy atom. The number of hydrogen-bond acceptors (Lipinski definition) is 4. The van der Waals surface area contributed by atoms with Crippen LogP contribution in [0.25, 0.3) is 0 Å². The van der Waals surface area contributed by atoms with Crippen molar-refractivity contribution in [3.05, 3.63) is 28.5 Å². The number of pyridine rings is 1. The van der Waals surface area contributed by atoms with Gasteiger partial charge in [-0.2, -0.15) is 5.26 Å². The van der Waals surface area contributed by atoms with E-state index >= 15 is 0 Å². The lowest BCUT2D eigenvalue weighted by Crippen LogP contribution is -2.51. The fourth-order valence-corrected chi connectivity index (χ4v) is 2.79. The second-order valence-electron chi connectivity index (χ2n) is 4.72. The van der Waals surface area contributed by atoms with E-state index in [1.54, 1.807) is 17.2 Å². The van der Waals surface area contributed by atoms with E-state index in [0.29, 0.717) is 18.8 Å². The van der Waals surface area contributed by atoms with E-state index in [1.165, 1.54) is 0 Å². The molecule has 1 aromatic heterocycles. The summed E-state index contributed by atoms with van der Waals surface area (Å²) in [7, 11) is 0. The van der Waals surface area contributed by atoms with Gasteiger partial charge in [-0.1, -0.05) is 6.92 Å². The number of carbonyl (C=O) groups excluding carboxylic acids is 1. The Bertz CT molecular complexity index is 520. The highest BCUT2D eigenvalue weighted by molar-refractivity contribution is 9.10. The van der Waals surface area contributed by atoms with Crippen LogP contribution < -0.4 is 0 Å². The maximum absolute atomic E-state index is 12.4. The summed E-state index contributed by atoms with van der Waals surface area (Å²) < 4.78 is 0.718. The molecule has 2 heterocycles. The smallest absolute Gasteiger partial charge is 0.273 e. The predicted octanol–water partition coefficient (Wildman–Crippen LogP) is 1.90. The molecule has 0 aromatic carbocycles. The molecule has 6 heteroatoms. The number of piperazine rings is 1. The Labute approximate surface area is 127 Å². The Kier molecular flexibility index (Phi) is 5.10. The Morgan fingerprint density at radius 2 is 2.20 bits per heavy atom. The molecule has 0 saturated carbocycles. The van der Waals surface area contributed by atoms with Crippen LogP contribution in [0.1, 0.15) is 23.8 Å². The molecule has 1 aliphatic heterocycles. The van der Waals surface area contributed by atoms with Gasteiger partial charge in [0.25, 0.3) is 5.91 Å². The van der Waals surface area contributed by atoms with E-state index in [1.807, 2.05) is 13.0 Å². The number of halogens is 1. The Balaban J connectivity index is 1.99. The van der Waals surface area contributed by atoms with Crippen molar-refractivity contribution in [3.8, 4) is 6.07 Å². The summed E-state index contributed by atoms with van der Waals surface area (Å²) in [5.41, 5.74) is 0.452. The van der Waals surface area contributed by atoms with Gasteiger partial charge in [-0.05, 0) is 34.5 Å². The maximum atomic E-state index is 12.4. The molecule has 0 spiro atoms. The summed E-state index contributed by atoms with van der Waals surface area (Å²) in [4.78, 5) is 20.5. The van der Waals surface area contributed by atoms with E-state index in [2.05, 4.69) is 31.9 Å². The third-order valence-electron chi connectivity index (χ3n) is 3.54.